The van der Waals surface area contributed by atoms with Gasteiger partial charge in [-0.3, -0.25) is 13.9 Å². The maximum Gasteiger partial charge on any atom is 0.225 e. The van der Waals surface area contributed by atoms with E-state index in [4.69, 9.17) is 4.98 Å². The first-order valence-electron chi connectivity index (χ1n) is 11.2. The lowest BCUT2D eigenvalue weighted by molar-refractivity contribution is -0.116. The van der Waals surface area contributed by atoms with Crippen LogP contribution in [0, 0.1) is 26.7 Å². The molecule has 32 heavy (non-hydrogen) atoms. The van der Waals surface area contributed by atoms with E-state index < -0.39 is 0 Å². The molecule has 1 aromatic carbocycles. The van der Waals surface area contributed by atoms with Crippen LogP contribution in [0.1, 0.15) is 42.8 Å². The molecule has 0 aliphatic carbocycles. The van der Waals surface area contributed by atoms with E-state index in [1.807, 2.05) is 66.9 Å². The van der Waals surface area contributed by atoms with Crippen molar-refractivity contribution in [2.75, 3.05) is 5.32 Å². The van der Waals surface area contributed by atoms with Gasteiger partial charge in [0.05, 0.1) is 5.69 Å². The molecule has 0 atom stereocenters. The number of hydrogen-bond donors (Lipinski definition) is 1. The molecule has 0 saturated carbocycles. The van der Waals surface area contributed by atoms with Crippen molar-refractivity contribution in [3.05, 3.63) is 71.2 Å². The van der Waals surface area contributed by atoms with E-state index in [2.05, 4.69) is 35.9 Å². The first kappa shape index (κ1) is 21.8. The molecule has 0 fully saturated rings. The van der Waals surface area contributed by atoms with Gasteiger partial charge in [0.1, 0.15) is 17.2 Å². The molecule has 1 amide bonds. The number of aryl methyl sites for hydroxylation is 2. The zero-order valence-corrected chi connectivity index (χ0v) is 19.5. The Morgan fingerprint density at radius 3 is 2.53 bits per heavy atom. The zero-order valence-electron chi connectivity index (χ0n) is 19.5. The van der Waals surface area contributed by atoms with Gasteiger partial charge in [-0.1, -0.05) is 50.2 Å². The third-order valence-corrected chi connectivity index (χ3v) is 5.82. The van der Waals surface area contributed by atoms with Gasteiger partial charge in [0, 0.05) is 30.4 Å². The number of fused-ring (bicyclic) bond motifs is 1. The molecule has 0 radical (unpaired) electrons. The number of anilines is 1. The van der Waals surface area contributed by atoms with Crippen molar-refractivity contribution in [1.82, 2.24) is 19.2 Å². The lowest BCUT2D eigenvalue weighted by atomic mass is 10.1. The number of imidazole rings is 1. The number of rotatable bonds is 7. The average Bonchev–Trinajstić information content (AvgIpc) is 3.25. The highest BCUT2D eigenvalue weighted by Crippen LogP contribution is 2.30. The standard InChI is InChI=1S/C26H31N5O/c1-17(2)16-31-20(5)22(19(4)29-31)13-14-23(32)27-26-24(21-11-7-6-8-12-21)28-25-18(3)10-9-15-30(25)26/h6-12,15,17H,13-14,16H2,1-5H3,(H,27,32). The van der Waals surface area contributed by atoms with Crippen molar-refractivity contribution in [3.63, 3.8) is 0 Å². The van der Waals surface area contributed by atoms with E-state index in [9.17, 15) is 4.79 Å². The molecule has 0 aliphatic heterocycles. The quantitative estimate of drug-likeness (QED) is 0.431. The van der Waals surface area contributed by atoms with E-state index in [1.54, 1.807) is 0 Å². The van der Waals surface area contributed by atoms with E-state index in [1.165, 1.54) is 0 Å². The summed E-state index contributed by atoms with van der Waals surface area (Å²) in [4.78, 5) is 17.9. The van der Waals surface area contributed by atoms with Crippen LogP contribution in [0.2, 0.25) is 0 Å². The van der Waals surface area contributed by atoms with Crippen molar-refractivity contribution < 1.29 is 4.79 Å². The van der Waals surface area contributed by atoms with E-state index >= 15 is 0 Å². The van der Waals surface area contributed by atoms with E-state index in [0.717, 1.165) is 46.0 Å². The number of carbonyl (C=O) groups is 1. The summed E-state index contributed by atoms with van der Waals surface area (Å²) in [7, 11) is 0. The third-order valence-electron chi connectivity index (χ3n) is 5.82. The highest BCUT2D eigenvalue weighted by atomic mass is 16.1. The second-order valence-electron chi connectivity index (χ2n) is 8.83. The summed E-state index contributed by atoms with van der Waals surface area (Å²) in [6, 6.07) is 14.0. The Hall–Kier alpha value is -3.41. The number of nitrogens with zero attached hydrogens (tertiary/aromatic N) is 4. The van der Waals surface area contributed by atoms with E-state index in [0.29, 0.717) is 24.6 Å². The van der Waals surface area contributed by atoms with Gasteiger partial charge in [0.25, 0.3) is 0 Å². The first-order valence-corrected chi connectivity index (χ1v) is 11.2. The number of hydrogen-bond acceptors (Lipinski definition) is 3. The summed E-state index contributed by atoms with van der Waals surface area (Å²) in [5, 5.41) is 7.82. The Kier molecular flexibility index (Phi) is 6.12. The molecule has 0 spiro atoms. The molecule has 4 rings (SSSR count). The molecular weight excluding hydrogens is 398 g/mol. The predicted molar refractivity (Wildman–Crippen MR) is 129 cm³/mol. The smallest absolute Gasteiger partial charge is 0.225 e. The second-order valence-corrected chi connectivity index (χ2v) is 8.83. The van der Waals surface area contributed by atoms with Gasteiger partial charge in [0.2, 0.25) is 5.91 Å². The molecule has 3 aromatic heterocycles. The molecule has 3 heterocycles. The molecule has 6 heteroatoms. The highest BCUT2D eigenvalue weighted by molar-refractivity contribution is 5.94. The fourth-order valence-electron chi connectivity index (χ4n) is 4.17. The van der Waals surface area contributed by atoms with Crippen LogP contribution in [0.5, 0.6) is 0 Å². The normalized spacial score (nSPS) is 11.4. The van der Waals surface area contributed by atoms with Crippen LogP contribution in [-0.2, 0) is 17.8 Å². The number of amides is 1. The summed E-state index contributed by atoms with van der Waals surface area (Å²) in [6.07, 6.45) is 3.00. The van der Waals surface area contributed by atoms with Crippen molar-refractivity contribution >= 4 is 17.4 Å². The van der Waals surface area contributed by atoms with Gasteiger partial charge in [-0.15, -0.1) is 0 Å². The number of benzene rings is 1. The van der Waals surface area contributed by atoms with Crippen LogP contribution in [0.25, 0.3) is 16.9 Å². The van der Waals surface area contributed by atoms with Gasteiger partial charge in [0.15, 0.2) is 0 Å². The molecule has 0 bridgehead atoms. The van der Waals surface area contributed by atoms with Crippen molar-refractivity contribution in [2.45, 2.75) is 54.0 Å². The Morgan fingerprint density at radius 2 is 1.81 bits per heavy atom. The molecule has 1 N–H and O–H groups in total. The summed E-state index contributed by atoms with van der Waals surface area (Å²) in [5.74, 6) is 1.21. The van der Waals surface area contributed by atoms with Gasteiger partial charge in [-0.2, -0.15) is 5.10 Å². The number of aromatic nitrogens is 4. The summed E-state index contributed by atoms with van der Waals surface area (Å²) >= 11 is 0. The Balaban J connectivity index is 1.58. The number of pyridine rings is 1. The Bertz CT molecular complexity index is 1250. The van der Waals surface area contributed by atoms with E-state index in [-0.39, 0.29) is 5.91 Å². The molecule has 0 aliphatic rings. The number of carbonyl (C=O) groups excluding carboxylic acids is 1. The minimum Gasteiger partial charge on any atom is -0.310 e. The summed E-state index contributed by atoms with van der Waals surface area (Å²) in [5.41, 5.74) is 7.00. The maximum atomic E-state index is 13.0. The molecule has 166 valence electrons. The molecular formula is C26H31N5O. The zero-order chi connectivity index (χ0) is 22.8. The average molecular weight is 430 g/mol. The van der Waals surface area contributed by atoms with Gasteiger partial charge >= 0.3 is 0 Å². The fraction of sp³-hybridized carbons (Fsp3) is 0.346. The lowest BCUT2D eigenvalue weighted by Gasteiger charge is -2.09. The van der Waals surface area contributed by atoms with Crippen LogP contribution < -0.4 is 5.32 Å². The van der Waals surface area contributed by atoms with Crippen LogP contribution in [0.4, 0.5) is 5.82 Å². The van der Waals surface area contributed by atoms with Crippen molar-refractivity contribution in [2.24, 2.45) is 5.92 Å². The maximum absolute atomic E-state index is 13.0. The molecule has 4 aromatic rings. The van der Waals surface area contributed by atoms with Crippen LogP contribution in [0.15, 0.2) is 48.7 Å². The lowest BCUT2D eigenvalue weighted by Crippen LogP contribution is -2.15. The second kappa shape index (κ2) is 8.99. The predicted octanol–water partition coefficient (Wildman–Crippen LogP) is 5.35. The largest absolute Gasteiger partial charge is 0.310 e. The van der Waals surface area contributed by atoms with Gasteiger partial charge in [-0.05, 0) is 50.3 Å². The van der Waals surface area contributed by atoms with Crippen molar-refractivity contribution in [3.8, 4) is 11.3 Å². The Morgan fingerprint density at radius 1 is 1.06 bits per heavy atom. The number of nitrogens with one attached hydrogen (secondary N) is 1. The van der Waals surface area contributed by atoms with Crippen LogP contribution in [0.3, 0.4) is 0 Å². The minimum atomic E-state index is -0.0269. The first-order chi connectivity index (χ1) is 15.3. The summed E-state index contributed by atoms with van der Waals surface area (Å²) < 4.78 is 4.03. The van der Waals surface area contributed by atoms with Gasteiger partial charge in [-0.25, -0.2) is 4.98 Å². The molecule has 6 nitrogen and oxygen atoms in total. The monoisotopic (exact) mass is 429 g/mol. The topological polar surface area (TPSA) is 64.2 Å². The Labute approximate surface area is 189 Å². The summed E-state index contributed by atoms with van der Waals surface area (Å²) in [6.45, 7) is 11.4. The van der Waals surface area contributed by atoms with Crippen LogP contribution in [-0.4, -0.2) is 25.1 Å². The highest BCUT2D eigenvalue weighted by Gasteiger charge is 2.19. The fourth-order valence-corrected chi connectivity index (χ4v) is 4.17. The van der Waals surface area contributed by atoms with Gasteiger partial charge < -0.3 is 5.32 Å². The SMILES string of the molecule is Cc1nn(CC(C)C)c(C)c1CCC(=O)Nc1c(-c2ccccc2)nc2c(C)cccn12. The third kappa shape index (κ3) is 4.31. The van der Waals surface area contributed by atoms with Crippen molar-refractivity contribution in [1.29, 1.82) is 0 Å². The minimum absolute atomic E-state index is 0.0269. The molecule has 0 saturated heterocycles. The van der Waals surface area contributed by atoms with Crippen LogP contribution >= 0.6 is 0 Å². The molecule has 0 unspecified atom stereocenters.